The highest BCUT2D eigenvalue weighted by atomic mass is 32.1. The fourth-order valence-electron chi connectivity index (χ4n) is 1.25. The van der Waals surface area contributed by atoms with Gasteiger partial charge in [-0.1, -0.05) is 16.3 Å². The van der Waals surface area contributed by atoms with E-state index in [1.54, 1.807) is 17.5 Å². The van der Waals surface area contributed by atoms with Crippen LogP contribution in [0, 0.1) is 0 Å². The Morgan fingerprint density at radius 1 is 1.54 bits per heavy atom. The van der Waals surface area contributed by atoms with Crippen LogP contribution in [0.2, 0.25) is 0 Å². The van der Waals surface area contributed by atoms with E-state index in [9.17, 15) is 4.79 Å². The van der Waals surface area contributed by atoms with Gasteiger partial charge in [0.05, 0.1) is 6.20 Å². The van der Waals surface area contributed by atoms with Crippen LogP contribution in [-0.4, -0.2) is 9.97 Å². The first-order valence-electron chi connectivity index (χ1n) is 3.61. The maximum atomic E-state index is 11.1. The minimum absolute atomic E-state index is 0.0389. The summed E-state index contributed by atoms with van der Waals surface area (Å²) in [6.45, 7) is 0. The Bertz CT molecular complexity index is 636. The summed E-state index contributed by atoms with van der Waals surface area (Å²) in [7, 11) is 0. The summed E-state index contributed by atoms with van der Waals surface area (Å²) in [5, 5.41) is 1.94. The van der Waals surface area contributed by atoms with Gasteiger partial charge in [0.2, 0.25) is 0 Å². The average Bonchev–Trinajstić information content (AvgIpc) is 2.65. The third kappa shape index (κ3) is 0.925. The minimum atomic E-state index is -0.0389. The number of nitrogens with one attached hydrogen (secondary N) is 1. The first kappa shape index (κ1) is 7.16. The van der Waals surface area contributed by atoms with Gasteiger partial charge >= 0.3 is 9.83 Å². The maximum Gasteiger partial charge on any atom is 0.362 e. The molecular formula is C7H4N3OS2+. The predicted octanol–water partition coefficient (Wildman–Crippen LogP) is 0.785. The summed E-state index contributed by atoms with van der Waals surface area (Å²) >= 11 is 2.73. The van der Waals surface area contributed by atoms with E-state index in [1.165, 1.54) is 11.3 Å². The highest BCUT2D eigenvalue weighted by molar-refractivity contribution is 7.16. The van der Waals surface area contributed by atoms with Gasteiger partial charge < -0.3 is 0 Å². The van der Waals surface area contributed by atoms with Crippen molar-refractivity contribution in [2.24, 2.45) is 0 Å². The Kier molecular flexibility index (Phi) is 1.30. The monoisotopic (exact) mass is 210 g/mol. The lowest BCUT2D eigenvalue weighted by Crippen LogP contribution is -2.20. The van der Waals surface area contributed by atoms with Crippen LogP contribution < -0.4 is 9.27 Å². The van der Waals surface area contributed by atoms with E-state index in [0.717, 1.165) is 15.3 Å². The van der Waals surface area contributed by atoms with Gasteiger partial charge in [-0.25, -0.2) is 9.78 Å². The Balaban J connectivity index is 2.71. The molecule has 0 amide bonds. The Hall–Kier alpha value is -1.27. The summed E-state index contributed by atoms with van der Waals surface area (Å²) in [5.74, 6) is 0. The molecule has 0 saturated carbocycles. The van der Waals surface area contributed by atoms with Crippen molar-refractivity contribution < 1.29 is 4.40 Å². The van der Waals surface area contributed by atoms with Gasteiger partial charge in [-0.05, 0) is 11.3 Å². The summed E-state index contributed by atoms with van der Waals surface area (Å²) in [6.07, 6.45) is 3.63. The fourth-order valence-corrected chi connectivity index (χ4v) is 2.63. The molecule has 64 valence electrons. The number of thiazole rings is 2. The summed E-state index contributed by atoms with van der Waals surface area (Å²) in [4.78, 5) is 18.9. The van der Waals surface area contributed by atoms with Crippen LogP contribution >= 0.6 is 22.7 Å². The molecule has 13 heavy (non-hydrogen) atoms. The molecule has 4 nitrogen and oxygen atoms in total. The standard InChI is InChI=1S/C7H3N3OS2/c11-7-9-5-4(13-7)3-8-6-10(5)1-2-12-6/h1-3H/p+1. The number of hydrogen-bond donors (Lipinski definition) is 1. The lowest BCUT2D eigenvalue weighted by atomic mass is 10.6. The van der Waals surface area contributed by atoms with Crippen LogP contribution in [0.1, 0.15) is 0 Å². The smallest absolute Gasteiger partial charge is 0.238 e. The third-order valence-electron chi connectivity index (χ3n) is 1.78. The van der Waals surface area contributed by atoms with Crippen LogP contribution in [0.25, 0.3) is 15.3 Å². The van der Waals surface area contributed by atoms with E-state index < -0.39 is 0 Å². The highest BCUT2D eigenvalue weighted by Gasteiger charge is 2.11. The second kappa shape index (κ2) is 2.36. The molecule has 0 radical (unpaired) electrons. The van der Waals surface area contributed by atoms with Crippen molar-refractivity contribution in [3.05, 3.63) is 27.4 Å². The van der Waals surface area contributed by atoms with Crippen molar-refractivity contribution in [2.75, 3.05) is 0 Å². The molecule has 0 aromatic carbocycles. The number of H-pyrrole nitrogens is 1. The second-order valence-electron chi connectivity index (χ2n) is 2.54. The highest BCUT2D eigenvalue weighted by Crippen LogP contribution is 2.11. The van der Waals surface area contributed by atoms with Crippen molar-refractivity contribution >= 4 is 38.0 Å². The van der Waals surface area contributed by atoms with Crippen LogP contribution in [0.3, 0.4) is 0 Å². The molecule has 0 fully saturated rings. The maximum absolute atomic E-state index is 11.1. The summed E-state index contributed by atoms with van der Waals surface area (Å²) in [6, 6.07) is 0. The first-order valence-corrected chi connectivity index (χ1v) is 5.31. The van der Waals surface area contributed by atoms with Gasteiger partial charge in [0, 0.05) is 5.38 Å². The van der Waals surface area contributed by atoms with Crippen molar-refractivity contribution in [1.29, 1.82) is 0 Å². The lowest BCUT2D eigenvalue weighted by molar-refractivity contribution is -0.481. The number of hydrogen-bond acceptors (Lipinski definition) is 4. The molecule has 3 aromatic heterocycles. The van der Waals surface area contributed by atoms with Crippen molar-refractivity contribution in [1.82, 2.24) is 9.97 Å². The van der Waals surface area contributed by atoms with Gasteiger partial charge in [-0.15, -0.1) is 0 Å². The topological polar surface area (TPSA) is 49.9 Å². The molecule has 0 unspecified atom stereocenters. The molecule has 1 N–H and O–H groups in total. The number of fused-ring (bicyclic) bond motifs is 3. The normalized spacial score (nSPS) is 11.4. The zero-order chi connectivity index (χ0) is 8.84. The van der Waals surface area contributed by atoms with E-state index in [-0.39, 0.29) is 4.87 Å². The zero-order valence-electron chi connectivity index (χ0n) is 6.35. The molecule has 3 aromatic rings. The molecule has 0 spiro atoms. The van der Waals surface area contributed by atoms with Gasteiger partial charge in [-0.3, -0.25) is 0 Å². The molecule has 0 aliphatic rings. The molecule has 3 rings (SSSR count). The molecular weight excluding hydrogens is 206 g/mol. The third-order valence-corrected chi connectivity index (χ3v) is 3.36. The van der Waals surface area contributed by atoms with E-state index in [1.807, 2.05) is 16.0 Å². The number of rotatable bonds is 0. The van der Waals surface area contributed by atoms with E-state index >= 15 is 0 Å². The molecule has 0 aliphatic heterocycles. The predicted molar refractivity (Wildman–Crippen MR) is 51.3 cm³/mol. The zero-order valence-corrected chi connectivity index (χ0v) is 7.98. The molecule has 0 saturated heterocycles. The largest absolute Gasteiger partial charge is 0.362 e. The number of aromatic amines is 1. The number of aromatic nitrogens is 3. The van der Waals surface area contributed by atoms with Crippen LogP contribution in [-0.2, 0) is 0 Å². The molecule has 0 bridgehead atoms. The van der Waals surface area contributed by atoms with Gasteiger partial charge in [0.15, 0.2) is 0 Å². The van der Waals surface area contributed by atoms with Crippen molar-refractivity contribution in [2.45, 2.75) is 0 Å². The first-order chi connectivity index (χ1) is 6.34. The fraction of sp³-hybridized carbons (Fsp3) is 0. The Morgan fingerprint density at radius 2 is 2.46 bits per heavy atom. The quantitative estimate of drug-likeness (QED) is 0.557. The Morgan fingerprint density at radius 3 is 3.38 bits per heavy atom. The van der Waals surface area contributed by atoms with Gasteiger partial charge in [0.25, 0.3) is 5.65 Å². The van der Waals surface area contributed by atoms with E-state index in [2.05, 4.69) is 9.97 Å². The summed E-state index contributed by atoms with van der Waals surface area (Å²) < 4.78 is 2.78. The van der Waals surface area contributed by atoms with Gasteiger partial charge in [-0.2, -0.15) is 4.40 Å². The Labute approximate surface area is 80.1 Å². The molecule has 0 atom stereocenters. The van der Waals surface area contributed by atoms with Crippen LogP contribution in [0.15, 0.2) is 22.6 Å². The van der Waals surface area contributed by atoms with E-state index in [0.29, 0.717) is 0 Å². The van der Waals surface area contributed by atoms with E-state index in [4.69, 9.17) is 0 Å². The second-order valence-corrected chi connectivity index (χ2v) is 4.43. The molecule has 0 aliphatic carbocycles. The summed E-state index contributed by atoms with van der Waals surface area (Å²) in [5.41, 5.74) is 0.834. The SMILES string of the molecule is O=c1[nH]c2c(cnc3scc[n+]32)s1. The lowest BCUT2D eigenvalue weighted by Gasteiger charge is -1.83. The van der Waals surface area contributed by atoms with Crippen LogP contribution in [0.5, 0.6) is 0 Å². The molecule has 6 heteroatoms. The minimum Gasteiger partial charge on any atom is -0.238 e. The van der Waals surface area contributed by atoms with Crippen molar-refractivity contribution in [3.63, 3.8) is 0 Å². The van der Waals surface area contributed by atoms with Crippen LogP contribution in [0.4, 0.5) is 0 Å². The van der Waals surface area contributed by atoms with Crippen molar-refractivity contribution in [3.8, 4) is 0 Å². The number of nitrogens with zero attached hydrogens (tertiary/aromatic N) is 2. The average molecular weight is 210 g/mol. The molecule has 3 heterocycles. The van der Waals surface area contributed by atoms with Gasteiger partial charge in [0.1, 0.15) is 10.9 Å².